The summed E-state index contributed by atoms with van der Waals surface area (Å²) < 4.78 is 0. The fourth-order valence-electron chi connectivity index (χ4n) is 2.68. The normalized spacial score (nSPS) is 19.9. The van der Waals surface area contributed by atoms with Gasteiger partial charge >= 0.3 is 0 Å². The number of hydrogen-bond donors (Lipinski definition) is 1. The van der Waals surface area contributed by atoms with E-state index in [2.05, 4.69) is 0 Å². The third-order valence-corrected chi connectivity index (χ3v) is 3.73. The Balaban J connectivity index is 2.18. The molecule has 0 bridgehead atoms. The zero-order chi connectivity index (χ0) is 13.0. The van der Waals surface area contributed by atoms with Crippen molar-refractivity contribution in [3.05, 3.63) is 35.4 Å². The Labute approximate surface area is 108 Å². The number of carbonyl (C=O) groups excluding carboxylic acids is 1. The minimum Gasteiger partial charge on any atom is -0.396 e. The highest BCUT2D eigenvalue weighted by atomic mass is 16.3. The van der Waals surface area contributed by atoms with Crippen LogP contribution in [-0.2, 0) is 0 Å². The van der Waals surface area contributed by atoms with Gasteiger partial charge in [0.25, 0.3) is 5.91 Å². The Morgan fingerprint density at radius 2 is 2.17 bits per heavy atom. The van der Waals surface area contributed by atoms with Gasteiger partial charge in [-0.2, -0.15) is 0 Å². The zero-order valence-corrected chi connectivity index (χ0v) is 10.9. The summed E-state index contributed by atoms with van der Waals surface area (Å²) >= 11 is 0. The number of carbonyl (C=O) groups is 1. The van der Waals surface area contributed by atoms with Gasteiger partial charge in [0.15, 0.2) is 0 Å². The van der Waals surface area contributed by atoms with Gasteiger partial charge in [0.1, 0.15) is 0 Å². The van der Waals surface area contributed by atoms with Gasteiger partial charge in [-0.3, -0.25) is 4.79 Å². The Bertz CT molecular complexity index is 415. The van der Waals surface area contributed by atoms with Crippen molar-refractivity contribution in [2.75, 3.05) is 13.2 Å². The Hall–Kier alpha value is -1.35. The number of aliphatic hydroxyl groups is 1. The maximum atomic E-state index is 12.6. The van der Waals surface area contributed by atoms with Crippen molar-refractivity contribution in [3.8, 4) is 0 Å². The molecule has 0 aliphatic carbocycles. The topological polar surface area (TPSA) is 40.5 Å². The maximum absolute atomic E-state index is 12.6. The van der Waals surface area contributed by atoms with Crippen molar-refractivity contribution in [2.24, 2.45) is 0 Å². The van der Waals surface area contributed by atoms with Gasteiger partial charge in [-0.15, -0.1) is 0 Å². The summed E-state index contributed by atoms with van der Waals surface area (Å²) in [5.41, 5.74) is 1.82. The second-order valence-corrected chi connectivity index (χ2v) is 4.98. The van der Waals surface area contributed by atoms with E-state index in [0.717, 1.165) is 36.9 Å². The molecule has 1 N–H and O–H groups in total. The summed E-state index contributed by atoms with van der Waals surface area (Å²) in [4.78, 5) is 14.5. The minimum atomic E-state index is 0.117. The molecule has 0 spiro atoms. The molecule has 0 aromatic heterocycles. The predicted octanol–water partition coefficient (Wildman–Crippen LogP) is 2.37. The Kier molecular flexibility index (Phi) is 4.37. The van der Waals surface area contributed by atoms with E-state index in [0.29, 0.717) is 6.42 Å². The third kappa shape index (κ3) is 2.72. The SMILES string of the molecule is Cc1ccccc1C(=O)N1CCCCC1CCO. The average Bonchev–Trinajstić information content (AvgIpc) is 2.40. The van der Waals surface area contributed by atoms with Gasteiger partial charge < -0.3 is 10.0 Å². The van der Waals surface area contributed by atoms with Crippen LogP contribution in [0.1, 0.15) is 41.6 Å². The van der Waals surface area contributed by atoms with E-state index >= 15 is 0 Å². The predicted molar refractivity (Wildman–Crippen MR) is 71.6 cm³/mol. The highest BCUT2D eigenvalue weighted by Crippen LogP contribution is 2.22. The molecule has 1 atom stereocenters. The number of piperidine rings is 1. The van der Waals surface area contributed by atoms with Gasteiger partial charge in [-0.1, -0.05) is 18.2 Å². The number of likely N-dealkylation sites (tertiary alicyclic amines) is 1. The second kappa shape index (κ2) is 6.01. The lowest BCUT2D eigenvalue weighted by molar-refractivity contribution is 0.0574. The summed E-state index contributed by atoms with van der Waals surface area (Å²) in [6, 6.07) is 7.93. The standard InChI is InChI=1S/C15H21NO2/c1-12-6-2-3-8-14(12)15(18)16-10-5-4-7-13(16)9-11-17/h2-3,6,8,13,17H,4-5,7,9-11H2,1H3. The van der Waals surface area contributed by atoms with Crippen molar-refractivity contribution < 1.29 is 9.90 Å². The molecule has 1 heterocycles. The van der Waals surface area contributed by atoms with E-state index < -0.39 is 0 Å². The summed E-state index contributed by atoms with van der Waals surface area (Å²) in [6.45, 7) is 2.94. The fraction of sp³-hybridized carbons (Fsp3) is 0.533. The summed E-state index contributed by atoms with van der Waals surface area (Å²) in [6.07, 6.45) is 3.93. The van der Waals surface area contributed by atoms with Gasteiger partial charge in [-0.05, 0) is 44.2 Å². The van der Waals surface area contributed by atoms with Crippen molar-refractivity contribution in [3.63, 3.8) is 0 Å². The van der Waals surface area contributed by atoms with E-state index in [-0.39, 0.29) is 18.6 Å². The van der Waals surface area contributed by atoms with Crippen LogP contribution in [0.2, 0.25) is 0 Å². The first-order valence-corrected chi connectivity index (χ1v) is 6.71. The number of rotatable bonds is 3. The lowest BCUT2D eigenvalue weighted by Crippen LogP contribution is -2.44. The van der Waals surface area contributed by atoms with Crippen LogP contribution in [-0.4, -0.2) is 35.1 Å². The van der Waals surface area contributed by atoms with Gasteiger partial charge in [-0.25, -0.2) is 0 Å². The quantitative estimate of drug-likeness (QED) is 0.891. The maximum Gasteiger partial charge on any atom is 0.254 e. The van der Waals surface area contributed by atoms with Crippen LogP contribution in [0.25, 0.3) is 0 Å². The van der Waals surface area contributed by atoms with Crippen molar-refractivity contribution in [1.82, 2.24) is 4.90 Å². The Morgan fingerprint density at radius 3 is 2.89 bits per heavy atom. The molecule has 3 nitrogen and oxygen atoms in total. The van der Waals surface area contributed by atoms with Crippen LogP contribution >= 0.6 is 0 Å². The van der Waals surface area contributed by atoms with Crippen LogP contribution in [0, 0.1) is 6.92 Å². The van der Waals surface area contributed by atoms with Gasteiger partial charge in [0.05, 0.1) is 0 Å². The average molecular weight is 247 g/mol. The van der Waals surface area contributed by atoms with Crippen molar-refractivity contribution in [1.29, 1.82) is 0 Å². The first-order valence-electron chi connectivity index (χ1n) is 6.71. The smallest absolute Gasteiger partial charge is 0.254 e. The molecule has 1 fully saturated rings. The Morgan fingerprint density at radius 1 is 1.39 bits per heavy atom. The van der Waals surface area contributed by atoms with E-state index in [9.17, 15) is 4.79 Å². The van der Waals surface area contributed by atoms with Crippen LogP contribution in [0.3, 0.4) is 0 Å². The van der Waals surface area contributed by atoms with Crippen LogP contribution in [0.15, 0.2) is 24.3 Å². The summed E-state index contributed by atoms with van der Waals surface area (Å²) in [5.74, 6) is 0.117. The third-order valence-electron chi connectivity index (χ3n) is 3.73. The van der Waals surface area contributed by atoms with Gasteiger partial charge in [0.2, 0.25) is 0 Å². The van der Waals surface area contributed by atoms with E-state index in [1.54, 1.807) is 0 Å². The lowest BCUT2D eigenvalue weighted by Gasteiger charge is -2.36. The number of amides is 1. The first-order chi connectivity index (χ1) is 8.74. The van der Waals surface area contributed by atoms with E-state index in [4.69, 9.17) is 5.11 Å². The second-order valence-electron chi connectivity index (χ2n) is 4.98. The molecule has 2 rings (SSSR count). The molecule has 1 aromatic rings. The molecule has 0 radical (unpaired) electrons. The number of aryl methyl sites for hydroxylation is 1. The number of nitrogens with zero attached hydrogens (tertiary/aromatic N) is 1. The molecule has 3 heteroatoms. The molecule has 1 unspecified atom stereocenters. The lowest BCUT2D eigenvalue weighted by atomic mass is 9.97. The molecule has 1 aliphatic heterocycles. The monoisotopic (exact) mass is 247 g/mol. The van der Waals surface area contributed by atoms with Crippen LogP contribution in [0.5, 0.6) is 0 Å². The summed E-state index contributed by atoms with van der Waals surface area (Å²) in [7, 11) is 0. The molecular formula is C15H21NO2. The molecule has 1 aromatic carbocycles. The largest absolute Gasteiger partial charge is 0.396 e. The molecule has 1 saturated heterocycles. The zero-order valence-electron chi connectivity index (χ0n) is 10.9. The molecule has 98 valence electrons. The van der Waals surface area contributed by atoms with Crippen LogP contribution < -0.4 is 0 Å². The number of benzene rings is 1. The van der Waals surface area contributed by atoms with Gasteiger partial charge in [0, 0.05) is 24.8 Å². The van der Waals surface area contributed by atoms with Crippen molar-refractivity contribution >= 4 is 5.91 Å². The van der Waals surface area contributed by atoms with Crippen molar-refractivity contribution in [2.45, 2.75) is 38.6 Å². The van der Waals surface area contributed by atoms with E-state index in [1.165, 1.54) is 0 Å². The number of aliphatic hydroxyl groups excluding tert-OH is 1. The highest BCUT2D eigenvalue weighted by Gasteiger charge is 2.27. The fourth-order valence-corrected chi connectivity index (χ4v) is 2.68. The number of hydrogen-bond acceptors (Lipinski definition) is 2. The van der Waals surface area contributed by atoms with E-state index in [1.807, 2.05) is 36.1 Å². The minimum absolute atomic E-state index is 0.117. The molecule has 1 aliphatic rings. The molecule has 18 heavy (non-hydrogen) atoms. The molecule has 1 amide bonds. The van der Waals surface area contributed by atoms with Crippen LogP contribution in [0.4, 0.5) is 0 Å². The first kappa shape index (κ1) is 13.1. The molecule has 0 saturated carbocycles. The summed E-state index contributed by atoms with van der Waals surface area (Å²) in [5, 5.41) is 9.11. The molecular weight excluding hydrogens is 226 g/mol. The highest BCUT2D eigenvalue weighted by molar-refractivity contribution is 5.95.